The number of nitrogens with one attached hydrogen (secondary N) is 2. The minimum atomic E-state index is -3.22. The molecule has 0 aromatic heterocycles. The molecule has 7 nitrogen and oxygen atoms in total. The first-order valence-corrected chi connectivity index (χ1v) is 11.7. The molecule has 4 rings (SSSR count). The van der Waals surface area contributed by atoms with E-state index in [0.717, 1.165) is 22.3 Å². The Kier molecular flexibility index (Phi) is 7.05. The first-order chi connectivity index (χ1) is 16.7. The molecular weight excluding hydrogens is 458 g/mol. The quantitative estimate of drug-likeness (QED) is 0.471. The van der Waals surface area contributed by atoms with Gasteiger partial charge in [-0.15, -0.1) is 0 Å². The van der Waals surface area contributed by atoms with Gasteiger partial charge >= 0.3 is 12.1 Å². The van der Waals surface area contributed by atoms with Gasteiger partial charge in [-0.2, -0.15) is 0 Å². The van der Waals surface area contributed by atoms with E-state index in [0.29, 0.717) is 6.42 Å². The molecule has 2 aliphatic carbocycles. The lowest BCUT2D eigenvalue weighted by molar-refractivity contribution is -0.137. The van der Waals surface area contributed by atoms with Crippen LogP contribution in [0.4, 0.5) is 13.6 Å². The Balaban J connectivity index is 1.25. The number of amides is 2. The third-order valence-electron chi connectivity index (χ3n) is 6.77. The minimum Gasteiger partial charge on any atom is -0.481 e. The molecule has 9 heteroatoms. The van der Waals surface area contributed by atoms with E-state index in [4.69, 9.17) is 9.84 Å². The zero-order valence-electron chi connectivity index (χ0n) is 19.3. The summed E-state index contributed by atoms with van der Waals surface area (Å²) in [5.41, 5.74) is 4.26. The lowest BCUT2D eigenvalue weighted by Crippen LogP contribution is -2.32. The van der Waals surface area contributed by atoms with Crippen LogP contribution < -0.4 is 10.6 Å². The van der Waals surface area contributed by atoms with Crippen molar-refractivity contribution in [2.75, 3.05) is 19.7 Å². The van der Waals surface area contributed by atoms with Gasteiger partial charge in [0.15, 0.2) is 0 Å². The highest BCUT2D eigenvalue weighted by atomic mass is 19.3. The molecule has 186 valence electrons. The van der Waals surface area contributed by atoms with Crippen LogP contribution in [0.25, 0.3) is 11.1 Å². The normalized spacial score (nSPS) is 20.3. The smallest absolute Gasteiger partial charge is 0.407 e. The second-order valence-corrected chi connectivity index (χ2v) is 9.25. The zero-order valence-corrected chi connectivity index (χ0v) is 19.3. The molecule has 0 radical (unpaired) electrons. The number of ether oxygens (including phenoxy) is 1. The Hall–Kier alpha value is -3.49. The van der Waals surface area contributed by atoms with Gasteiger partial charge in [0.05, 0.1) is 5.92 Å². The Morgan fingerprint density at radius 1 is 1.03 bits per heavy atom. The molecule has 35 heavy (non-hydrogen) atoms. The van der Waals surface area contributed by atoms with Crippen LogP contribution in [0, 0.1) is 17.8 Å². The van der Waals surface area contributed by atoms with E-state index in [9.17, 15) is 23.2 Å². The molecule has 2 aliphatic rings. The Labute approximate surface area is 201 Å². The van der Waals surface area contributed by atoms with E-state index in [1.807, 2.05) is 48.5 Å². The number of carboxylic acids is 1. The summed E-state index contributed by atoms with van der Waals surface area (Å²) in [7, 11) is 0. The maximum atomic E-state index is 14.2. The zero-order chi connectivity index (χ0) is 25.2. The molecule has 3 N–H and O–H groups in total. The summed E-state index contributed by atoms with van der Waals surface area (Å²) in [6.07, 6.45) is -0.525. The van der Waals surface area contributed by atoms with Gasteiger partial charge in [0.1, 0.15) is 12.5 Å². The van der Waals surface area contributed by atoms with Crippen molar-refractivity contribution in [2.24, 2.45) is 17.8 Å². The van der Waals surface area contributed by atoms with Crippen LogP contribution in [0.5, 0.6) is 0 Å². The number of carbonyl (C=O) groups is 3. The maximum absolute atomic E-state index is 14.2. The number of alkyl halides is 2. The molecule has 3 atom stereocenters. The summed E-state index contributed by atoms with van der Waals surface area (Å²) in [4.78, 5) is 35.1. The Morgan fingerprint density at radius 2 is 1.63 bits per heavy atom. The van der Waals surface area contributed by atoms with Crippen molar-refractivity contribution >= 4 is 18.0 Å². The number of rotatable bonds is 10. The van der Waals surface area contributed by atoms with Gasteiger partial charge in [0.2, 0.25) is 5.91 Å². The number of carboxylic acid groups (broad SMARTS) is 1. The second kappa shape index (κ2) is 10.0. The number of aliphatic carboxylic acids is 1. The van der Waals surface area contributed by atoms with Gasteiger partial charge in [-0.05, 0) is 34.6 Å². The summed E-state index contributed by atoms with van der Waals surface area (Å²) in [5, 5.41) is 13.5. The molecule has 2 amide bonds. The topological polar surface area (TPSA) is 105 Å². The monoisotopic (exact) mass is 486 g/mol. The standard InChI is InChI=1S/C26H28F2N2O5/c1-15(10-11-22(31)32)12-29-24(33)23-21(26(23,27)28)13-30-25(34)35-14-20-18-8-4-2-6-16(18)17-7-3-5-9-19(17)20/h2-9,15,20-21,23H,10-14H2,1H3,(H,29,33)(H,30,34)(H,31,32). The van der Waals surface area contributed by atoms with Gasteiger partial charge in [0.25, 0.3) is 5.92 Å². The van der Waals surface area contributed by atoms with Crippen LogP contribution in [0.1, 0.15) is 36.8 Å². The summed E-state index contributed by atoms with van der Waals surface area (Å²) in [6, 6.07) is 15.7. The molecule has 0 heterocycles. The van der Waals surface area contributed by atoms with E-state index in [2.05, 4.69) is 10.6 Å². The fraction of sp³-hybridized carbons (Fsp3) is 0.423. The van der Waals surface area contributed by atoms with Crippen molar-refractivity contribution in [3.05, 3.63) is 59.7 Å². The van der Waals surface area contributed by atoms with Crippen LogP contribution in [-0.4, -0.2) is 48.7 Å². The fourth-order valence-electron chi connectivity index (χ4n) is 4.70. The summed E-state index contributed by atoms with van der Waals surface area (Å²) >= 11 is 0. The van der Waals surface area contributed by atoms with E-state index in [-0.39, 0.29) is 38.0 Å². The molecule has 0 aliphatic heterocycles. The van der Waals surface area contributed by atoms with Crippen LogP contribution >= 0.6 is 0 Å². The average Bonchev–Trinajstić information content (AvgIpc) is 3.24. The third-order valence-corrected chi connectivity index (χ3v) is 6.77. The van der Waals surface area contributed by atoms with Crippen molar-refractivity contribution in [3.8, 4) is 11.1 Å². The summed E-state index contributed by atoms with van der Waals surface area (Å²) in [6.45, 7) is 1.55. The number of hydrogen-bond acceptors (Lipinski definition) is 4. The molecule has 2 aromatic rings. The molecule has 0 spiro atoms. The van der Waals surface area contributed by atoms with Crippen LogP contribution in [0.15, 0.2) is 48.5 Å². The van der Waals surface area contributed by atoms with E-state index in [1.165, 1.54) is 0 Å². The number of alkyl carbamates (subject to hydrolysis) is 1. The van der Waals surface area contributed by atoms with Gasteiger partial charge < -0.3 is 20.5 Å². The van der Waals surface area contributed by atoms with E-state index < -0.39 is 35.7 Å². The lowest BCUT2D eigenvalue weighted by Gasteiger charge is -2.14. The Bertz CT molecular complexity index is 1080. The van der Waals surface area contributed by atoms with E-state index in [1.54, 1.807) is 6.92 Å². The fourth-order valence-corrected chi connectivity index (χ4v) is 4.70. The predicted octanol–water partition coefficient (Wildman–Crippen LogP) is 4.02. The number of fused-ring (bicyclic) bond motifs is 3. The van der Waals surface area contributed by atoms with Crippen molar-refractivity contribution in [1.29, 1.82) is 0 Å². The van der Waals surface area contributed by atoms with Crippen LogP contribution in [-0.2, 0) is 14.3 Å². The molecule has 3 unspecified atom stereocenters. The average molecular weight is 487 g/mol. The van der Waals surface area contributed by atoms with Gasteiger partial charge in [-0.3, -0.25) is 9.59 Å². The molecule has 0 bridgehead atoms. The third kappa shape index (κ3) is 5.28. The largest absolute Gasteiger partial charge is 0.481 e. The molecule has 0 saturated heterocycles. The number of benzene rings is 2. The van der Waals surface area contributed by atoms with Crippen molar-refractivity contribution in [3.63, 3.8) is 0 Å². The highest BCUT2D eigenvalue weighted by Crippen LogP contribution is 2.55. The highest BCUT2D eigenvalue weighted by Gasteiger charge is 2.71. The van der Waals surface area contributed by atoms with Crippen molar-refractivity contribution in [1.82, 2.24) is 10.6 Å². The van der Waals surface area contributed by atoms with Gasteiger partial charge in [-0.1, -0.05) is 55.5 Å². The molecular formula is C26H28F2N2O5. The molecule has 1 fully saturated rings. The summed E-state index contributed by atoms with van der Waals surface area (Å²) < 4.78 is 33.7. The second-order valence-electron chi connectivity index (χ2n) is 9.25. The first kappa shape index (κ1) is 24.6. The number of carbonyl (C=O) groups excluding carboxylic acids is 2. The summed E-state index contributed by atoms with van der Waals surface area (Å²) in [5.74, 6) is -8.09. The predicted molar refractivity (Wildman–Crippen MR) is 124 cm³/mol. The minimum absolute atomic E-state index is 0.0523. The highest BCUT2D eigenvalue weighted by molar-refractivity contribution is 5.84. The SMILES string of the molecule is CC(CCC(=O)O)CNC(=O)C1C(CNC(=O)OCC2c3ccccc3-c3ccccc32)C1(F)F. The van der Waals surface area contributed by atoms with E-state index >= 15 is 0 Å². The van der Waals surface area contributed by atoms with Crippen LogP contribution in [0.2, 0.25) is 0 Å². The lowest BCUT2D eigenvalue weighted by atomic mass is 9.98. The van der Waals surface area contributed by atoms with Crippen molar-refractivity contribution < 1.29 is 33.0 Å². The number of halogens is 2. The van der Waals surface area contributed by atoms with Crippen molar-refractivity contribution in [2.45, 2.75) is 31.6 Å². The number of hydrogen-bond donors (Lipinski definition) is 3. The first-order valence-electron chi connectivity index (χ1n) is 11.7. The molecule has 2 aromatic carbocycles. The van der Waals surface area contributed by atoms with Gasteiger partial charge in [0, 0.05) is 25.4 Å². The molecule has 1 saturated carbocycles. The maximum Gasteiger partial charge on any atom is 0.407 e. The van der Waals surface area contributed by atoms with Gasteiger partial charge in [-0.25, -0.2) is 13.6 Å². The Morgan fingerprint density at radius 3 is 2.23 bits per heavy atom. The van der Waals surface area contributed by atoms with Crippen LogP contribution in [0.3, 0.4) is 0 Å².